The first-order chi connectivity index (χ1) is 19.1. The number of carbonyl (C=O) groups excluding carboxylic acids is 1. The van der Waals surface area contributed by atoms with E-state index in [0.717, 1.165) is 19.5 Å². The van der Waals surface area contributed by atoms with Crippen LogP contribution in [0.2, 0.25) is 0 Å². The van der Waals surface area contributed by atoms with Gasteiger partial charge in [-0.25, -0.2) is 0 Å². The number of rotatable bonds is 7. The van der Waals surface area contributed by atoms with Crippen LogP contribution in [0.5, 0.6) is 5.75 Å². The molecule has 2 fully saturated rings. The van der Waals surface area contributed by atoms with Gasteiger partial charge in [0.1, 0.15) is 0 Å². The normalized spacial score (nSPS) is 22.2. The average molecular weight is 620 g/mol. The molecule has 0 spiro atoms. The van der Waals surface area contributed by atoms with Gasteiger partial charge in [0, 0.05) is 0 Å². The van der Waals surface area contributed by atoms with E-state index in [4.69, 9.17) is 4.74 Å². The molecule has 3 unspecified atom stereocenters. The zero-order valence-electron chi connectivity index (χ0n) is 22.6. The number of benzene rings is 1. The Labute approximate surface area is 237 Å². The number of anilines is 2. The Morgan fingerprint density at radius 2 is 2.10 bits per heavy atom. The topological polar surface area (TPSA) is 82.9 Å². The minimum absolute atomic E-state index is 0.0693. The molecule has 0 bridgehead atoms. The molecule has 2 aromatic heterocycles. The summed E-state index contributed by atoms with van der Waals surface area (Å²) in [4.78, 5) is 14.3. The van der Waals surface area contributed by atoms with Crippen LogP contribution in [-0.4, -0.2) is 86.8 Å². The number of likely N-dealkylation sites (tertiary alicyclic amines) is 1. The summed E-state index contributed by atoms with van der Waals surface area (Å²) in [5, 5.41) is 9.53. The first kappa shape index (κ1) is 28.1. The molecule has 12 heteroatoms. The summed E-state index contributed by atoms with van der Waals surface area (Å²) in [6.07, 6.45) is 0.968. The van der Waals surface area contributed by atoms with Crippen LogP contribution < -0.4 is 25.1 Å². The molecule has 5 rings (SSSR count). The van der Waals surface area contributed by atoms with Crippen molar-refractivity contribution < 1.29 is 22.7 Å². The molecule has 2 aliphatic rings. The molecule has 0 radical (unpaired) electrons. The van der Waals surface area contributed by atoms with E-state index in [1.54, 1.807) is 34.8 Å². The van der Waals surface area contributed by atoms with Crippen molar-refractivity contribution in [2.75, 3.05) is 51.5 Å². The van der Waals surface area contributed by atoms with E-state index in [1.165, 1.54) is 14.2 Å². The second kappa shape index (κ2) is 10.9. The first-order valence-electron chi connectivity index (χ1n) is 12.9. The number of nitrogens with zero attached hydrogens (tertiary/aromatic N) is 3. The second-order valence-electron chi connectivity index (χ2n) is 10.2. The van der Waals surface area contributed by atoms with Gasteiger partial charge >= 0.3 is 237 Å². The number of nitrogens with one attached hydrogen (secondary N) is 3. The van der Waals surface area contributed by atoms with Gasteiger partial charge in [-0.3, -0.25) is 0 Å². The maximum atomic E-state index is 13.6. The van der Waals surface area contributed by atoms with E-state index in [1.807, 2.05) is 6.07 Å². The quantitative estimate of drug-likeness (QED) is 0.279. The number of ether oxygens (including phenoxy) is 1. The Bertz CT molecular complexity index is 1500. The van der Waals surface area contributed by atoms with Crippen LogP contribution in [0.15, 0.2) is 36.4 Å². The van der Waals surface area contributed by atoms with Crippen molar-refractivity contribution in [3.8, 4) is 17.6 Å². The standard InChI is InChI=1S/C28H31F3N6O2Se/c1-17-19-16-36(3)14-12-27(17,19)34-24-9-5-8-22-25(40-28(29,30)31)20(35-37(22)24)7-6-13-33-21-15-18(26(38)32-2)10-11-23(21)39-4/h5,8-11,15,17,19,33-34H,12-14,16H2,1-4H3,(H,32,38). The Morgan fingerprint density at radius 3 is 2.80 bits per heavy atom. The van der Waals surface area contributed by atoms with Gasteiger partial charge in [-0.2, -0.15) is 0 Å². The van der Waals surface area contributed by atoms with E-state index in [0.29, 0.717) is 40.2 Å². The molecule has 3 heterocycles. The number of fused-ring (bicyclic) bond motifs is 2. The number of methoxy groups -OCH3 is 1. The van der Waals surface area contributed by atoms with E-state index in [2.05, 4.69) is 51.8 Å². The van der Waals surface area contributed by atoms with Crippen molar-refractivity contribution >= 4 is 42.3 Å². The second-order valence-corrected chi connectivity index (χ2v) is 12.4. The Hall–Kier alpha value is -3.39. The molecule has 1 aromatic carbocycles. The molecule has 40 heavy (non-hydrogen) atoms. The predicted molar refractivity (Wildman–Crippen MR) is 150 cm³/mol. The summed E-state index contributed by atoms with van der Waals surface area (Å²) >= 11 is -1.82. The molecule has 3 aromatic rings. The zero-order chi connectivity index (χ0) is 28.7. The molecule has 8 nitrogen and oxygen atoms in total. The first-order valence-corrected chi connectivity index (χ1v) is 14.6. The number of hydrogen-bond acceptors (Lipinski definition) is 6. The van der Waals surface area contributed by atoms with E-state index in [-0.39, 0.29) is 28.1 Å². The van der Waals surface area contributed by atoms with Gasteiger partial charge < -0.3 is 0 Å². The summed E-state index contributed by atoms with van der Waals surface area (Å²) in [5.41, 5.74) is 1.43. The molecule has 3 atom stereocenters. The number of aromatic nitrogens is 2. The van der Waals surface area contributed by atoms with Crippen molar-refractivity contribution in [3.63, 3.8) is 0 Å². The van der Waals surface area contributed by atoms with E-state index < -0.39 is 20.0 Å². The van der Waals surface area contributed by atoms with Crippen molar-refractivity contribution in [3.05, 3.63) is 47.7 Å². The van der Waals surface area contributed by atoms with E-state index in [9.17, 15) is 18.0 Å². The molecule has 1 saturated heterocycles. The minimum atomic E-state index is -4.36. The summed E-state index contributed by atoms with van der Waals surface area (Å²) in [5.74, 6) is 7.66. The molecule has 1 aliphatic heterocycles. The van der Waals surface area contributed by atoms with Crippen LogP contribution in [0.4, 0.5) is 24.7 Å². The fourth-order valence-electron chi connectivity index (χ4n) is 5.61. The Kier molecular flexibility index (Phi) is 7.66. The zero-order valence-corrected chi connectivity index (χ0v) is 24.4. The third kappa shape index (κ3) is 5.46. The molecular weight excluding hydrogens is 588 g/mol. The van der Waals surface area contributed by atoms with Crippen LogP contribution in [-0.2, 0) is 0 Å². The Morgan fingerprint density at radius 1 is 1.30 bits per heavy atom. The summed E-state index contributed by atoms with van der Waals surface area (Å²) < 4.78 is 48.0. The van der Waals surface area contributed by atoms with Crippen LogP contribution in [0.1, 0.15) is 29.4 Å². The number of pyridine rings is 1. The fraction of sp³-hybridized carbons (Fsp3) is 0.429. The van der Waals surface area contributed by atoms with Gasteiger partial charge in [-0.05, 0) is 0 Å². The molecule has 1 amide bonds. The molecule has 1 aliphatic carbocycles. The molecule has 3 N–H and O–H groups in total. The van der Waals surface area contributed by atoms with E-state index >= 15 is 0 Å². The van der Waals surface area contributed by atoms with Crippen LogP contribution in [0.25, 0.3) is 5.52 Å². The van der Waals surface area contributed by atoms with Gasteiger partial charge in [-0.1, -0.05) is 0 Å². The number of alkyl halides is 3. The number of piperidine rings is 1. The van der Waals surface area contributed by atoms with Crippen LogP contribution in [0, 0.1) is 23.7 Å². The summed E-state index contributed by atoms with van der Waals surface area (Å²) in [6.45, 7) is 4.29. The molecule has 1 saturated carbocycles. The van der Waals surface area contributed by atoms with Gasteiger partial charge in [-0.15, -0.1) is 0 Å². The third-order valence-electron chi connectivity index (χ3n) is 7.84. The summed E-state index contributed by atoms with van der Waals surface area (Å²) in [6, 6.07) is 10.2. The van der Waals surface area contributed by atoms with Gasteiger partial charge in [0.2, 0.25) is 0 Å². The number of halogens is 3. The predicted octanol–water partition coefficient (Wildman–Crippen LogP) is 2.77. The van der Waals surface area contributed by atoms with Crippen LogP contribution in [0.3, 0.4) is 0 Å². The molecule has 212 valence electrons. The van der Waals surface area contributed by atoms with Crippen LogP contribution >= 0.6 is 0 Å². The fourth-order valence-corrected chi connectivity index (χ4v) is 7.03. The molecular formula is C28H31F3N6O2Se. The number of carbonyl (C=O) groups is 1. The van der Waals surface area contributed by atoms with Crippen molar-refractivity contribution in [2.24, 2.45) is 11.8 Å². The van der Waals surface area contributed by atoms with Crippen molar-refractivity contribution in [2.45, 2.75) is 24.0 Å². The number of hydrogen-bond donors (Lipinski definition) is 3. The summed E-state index contributed by atoms with van der Waals surface area (Å²) in [7, 11) is 5.16. The van der Waals surface area contributed by atoms with Gasteiger partial charge in [0.15, 0.2) is 0 Å². The monoisotopic (exact) mass is 620 g/mol. The number of amides is 1. The van der Waals surface area contributed by atoms with Gasteiger partial charge in [0.05, 0.1) is 0 Å². The average Bonchev–Trinajstić information content (AvgIpc) is 3.32. The van der Waals surface area contributed by atoms with Crippen molar-refractivity contribution in [1.82, 2.24) is 19.8 Å². The van der Waals surface area contributed by atoms with Crippen molar-refractivity contribution in [1.29, 1.82) is 0 Å². The maximum absolute atomic E-state index is 13.6. The SMILES string of the molecule is CNC(=O)c1ccc(OC)c(NCC#Cc2nn3c(NC45CCN(C)CC4C5C)cccc3c2[Se]C(F)(F)F)c1. The van der Waals surface area contributed by atoms with Gasteiger partial charge in [0.25, 0.3) is 0 Å². The Balaban J connectivity index is 1.43. The third-order valence-corrected chi connectivity index (χ3v) is 9.60.